The lowest BCUT2D eigenvalue weighted by Gasteiger charge is -2.30. The van der Waals surface area contributed by atoms with E-state index in [0.717, 1.165) is 19.3 Å². The smallest absolute Gasteiger partial charge is 0.306 e. The molecule has 0 radical (unpaired) electrons. The number of nitrogens with zero attached hydrogens (tertiary/aromatic N) is 2. The molecule has 2 aliphatic rings. The number of carbonyl (C=O) groups is 3. The van der Waals surface area contributed by atoms with Crippen LogP contribution in [0.1, 0.15) is 42.5 Å². The van der Waals surface area contributed by atoms with E-state index in [1.165, 1.54) is 11.3 Å². The van der Waals surface area contributed by atoms with Crippen molar-refractivity contribution < 1.29 is 19.5 Å². The standard InChI is InChI=1S/C18H24N2O4S/c21-16(13-3-1-4-14(11-13)18(23)24)19-6-2-7-20(9-8-19)17(22)15-5-10-25-12-15/h5,10,12-14H,1-4,6-9,11H2,(H,23,24). The normalized spacial score (nSPS) is 24.6. The summed E-state index contributed by atoms with van der Waals surface area (Å²) in [5, 5.41) is 13.0. The number of carbonyl (C=O) groups excluding carboxylic acids is 2. The first-order valence-corrected chi connectivity index (χ1v) is 9.83. The number of thiophene rings is 1. The van der Waals surface area contributed by atoms with Gasteiger partial charge in [0.15, 0.2) is 0 Å². The van der Waals surface area contributed by atoms with Crippen molar-refractivity contribution >= 4 is 29.1 Å². The van der Waals surface area contributed by atoms with E-state index in [1.54, 1.807) is 0 Å². The van der Waals surface area contributed by atoms with Crippen LogP contribution < -0.4 is 0 Å². The molecule has 1 aliphatic heterocycles. The van der Waals surface area contributed by atoms with Crippen LogP contribution in [0.4, 0.5) is 0 Å². The maximum absolute atomic E-state index is 12.8. The summed E-state index contributed by atoms with van der Waals surface area (Å²) in [6, 6.07) is 1.83. The molecule has 0 aromatic carbocycles. The van der Waals surface area contributed by atoms with Crippen molar-refractivity contribution in [1.29, 1.82) is 0 Å². The number of hydrogen-bond acceptors (Lipinski definition) is 4. The van der Waals surface area contributed by atoms with Crippen molar-refractivity contribution in [3.63, 3.8) is 0 Å². The molecule has 136 valence electrons. The number of aliphatic carboxylic acids is 1. The molecule has 1 aliphatic carbocycles. The zero-order chi connectivity index (χ0) is 17.8. The van der Waals surface area contributed by atoms with E-state index in [0.29, 0.717) is 44.6 Å². The minimum Gasteiger partial charge on any atom is -0.481 e. The van der Waals surface area contributed by atoms with E-state index in [9.17, 15) is 19.5 Å². The Bertz CT molecular complexity index is 631. The molecule has 1 aromatic rings. The highest BCUT2D eigenvalue weighted by Crippen LogP contribution is 2.30. The zero-order valence-corrected chi connectivity index (χ0v) is 15.0. The highest BCUT2D eigenvalue weighted by atomic mass is 32.1. The van der Waals surface area contributed by atoms with E-state index < -0.39 is 11.9 Å². The first kappa shape index (κ1) is 17.9. The number of amides is 2. The fraction of sp³-hybridized carbons (Fsp3) is 0.611. The molecule has 2 heterocycles. The van der Waals surface area contributed by atoms with Gasteiger partial charge in [0.05, 0.1) is 11.5 Å². The van der Waals surface area contributed by atoms with Gasteiger partial charge in [-0.25, -0.2) is 0 Å². The summed E-state index contributed by atoms with van der Waals surface area (Å²) < 4.78 is 0. The minimum atomic E-state index is -0.791. The summed E-state index contributed by atoms with van der Waals surface area (Å²) in [6.07, 6.45) is 3.45. The largest absolute Gasteiger partial charge is 0.481 e. The summed E-state index contributed by atoms with van der Waals surface area (Å²) in [6.45, 7) is 2.36. The van der Waals surface area contributed by atoms with Crippen molar-refractivity contribution in [2.75, 3.05) is 26.2 Å². The van der Waals surface area contributed by atoms with Crippen LogP contribution in [-0.2, 0) is 9.59 Å². The zero-order valence-electron chi connectivity index (χ0n) is 14.2. The number of rotatable bonds is 3. The van der Waals surface area contributed by atoms with Crippen molar-refractivity contribution in [3.05, 3.63) is 22.4 Å². The molecule has 3 rings (SSSR count). The molecule has 25 heavy (non-hydrogen) atoms. The van der Waals surface area contributed by atoms with Crippen LogP contribution in [0.15, 0.2) is 16.8 Å². The molecule has 2 atom stereocenters. The molecule has 1 saturated heterocycles. The fourth-order valence-electron chi connectivity index (χ4n) is 3.81. The molecular weight excluding hydrogens is 340 g/mol. The molecule has 1 aromatic heterocycles. The Morgan fingerprint density at radius 1 is 1.00 bits per heavy atom. The van der Waals surface area contributed by atoms with Gasteiger partial charge in [-0.3, -0.25) is 14.4 Å². The first-order valence-electron chi connectivity index (χ1n) is 8.89. The molecule has 0 bridgehead atoms. The first-order chi connectivity index (χ1) is 12.1. The Hall–Kier alpha value is -1.89. The Labute approximate surface area is 151 Å². The summed E-state index contributed by atoms with van der Waals surface area (Å²) in [4.78, 5) is 40.1. The van der Waals surface area contributed by atoms with Gasteiger partial charge in [0, 0.05) is 37.5 Å². The lowest BCUT2D eigenvalue weighted by molar-refractivity contribution is -0.145. The SMILES string of the molecule is O=C(O)C1CCCC(C(=O)N2CCCN(C(=O)c3ccsc3)CC2)C1. The van der Waals surface area contributed by atoms with Crippen molar-refractivity contribution in [3.8, 4) is 0 Å². The number of carboxylic acid groups (broad SMARTS) is 1. The Balaban J connectivity index is 1.58. The van der Waals surface area contributed by atoms with Crippen LogP contribution in [0.3, 0.4) is 0 Å². The lowest BCUT2D eigenvalue weighted by Crippen LogP contribution is -2.41. The topological polar surface area (TPSA) is 77.9 Å². The van der Waals surface area contributed by atoms with Gasteiger partial charge >= 0.3 is 5.97 Å². The fourth-order valence-corrected chi connectivity index (χ4v) is 4.44. The maximum atomic E-state index is 12.8. The van der Waals surface area contributed by atoms with Crippen LogP contribution in [0.25, 0.3) is 0 Å². The second kappa shape index (κ2) is 7.99. The molecule has 1 N–H and O–H groups in total. The van der Waals surface area contributed by atoms with Crippen molar-refractivity contribution in [2.45, 2.75) is 32.1 Å². The third-order valence-electron chi connectivity index (χ3n) is 5.24. The van der Waals surface area contributed by atoms with E-state index in [-0.39, 0.29) is 17.7 Å². The summed E-state index contributed by atoms with van der Waals surface area (Å²) in [5.74, 6) is -1.28. The number of carboxylic acids is 1. The van der Waals surface area contributed by atoms with Crippen LogP contribution in [0, 0.1) is 11.8 Å². The van der Waals surface area contributed by atoms with Gasteiger partial charge in [-0.1, -0.05) is 6.42 Å². The van der Waals surface area contributed by atoms with Gasteiger partial charge in [0.25, 0.3) is 5.91 Å². The van der Waals surface area contributed by atoms with Gasteiger partial charge in [-0.15, -0.1) is 0 Å². The molecule has 1 saturated carbocycles. The lowest BCUT2D eigenvalue weighted by atomic mass is 9.80. The van der Waals surface area contributed by atoms with E-state index in [2.05, 4.69) is 0 Å². The second-order valence-corrected chi connectivity index (χ2v) is 7.66. The van der Waals surface area contributed by atoms with E-state index in [4.69, 9.17) is 0 Å². The van der Waals surface area contributed by atoms with Gasteiger partial charge < -0.3 is 14.9 Å². The molecule has 0 spiro atoms. The highest BCUT2D eigenvalue weighted by Gasteiger charge is 2.34. The van der Waals surface area contributed by atoms with Gasteiger partial charge in [0.2, 0.25) is 5.91 Å². The van der Waals surface area contributed by atoms with Gasteiger partial charge in [0.1, 0.15) is 0 Å². The van der Waals surface area contributed by atoms with Gasteiger partial charge in [-0.05, 0) is 37.1 Å². The van der Waals surface area contributed by atoms with Gasteiger partial charge in [-0.2, -0.15) is 11.3 Å². The van der Waals surface area contributed by atoms with Crippen LogP contribution in [0.5, 0.6) is 0 Å². The third kappa shape index (κ3) is 4.21. The molecular formula is C18H24N2O4S. The molecule has 6 nitrogen and oxygen atoms in total. The summed E-state index contributed by atoms with van der Waals surface area (Å²) in [5.41, 5.74) is 0.710. The predicted molar refractivity (Wildman–Crippen MR) is 94.5 cm³/mol. The average Bonchev–Trinajstić information content (AvgIpc) is 3.05. The summed E-state index contributed by atoms with van der Waals surface area (Å²) >= 11 is 1.50. The summed E-state index contributed by atoms with van der Waals surface area (Å²) in [7, 11) is 0. The van der Waals surface area contributed by atoms with E-state index >= 15 is 0 Å². The molecule has 7 heteroatoms. The Kier molecular flexibility index (Phi) is 5.73. The molecule has 2 unspecified atom stereocenters. The van der Waals surface area contributed by atoms with Crippen LogP contribution in [0.2, 0.25) is 0 Å². The third-order valence-corrected chi connectivity index (χ3v) is 5.92. The van der Waals surface area contributed by atoms with Crippen LogP contribution >= 0.6 is 11.3 Å². The monoisotopic (exact) mass is 364 g/mol. The molecule has 2 fully saturated rings. The van der Waals surface area contributed by atoms with Crippen molar-refractivity contribution in [2.24, 2.45) is 11.8 Å². The number of hydrogen-bond donors (Lipinski definition) is 1. The average molecular weight is 364 g/mol. The molecule has 2 amide bonds. The maximum Gasteiger partial charge on any atom is 0.306 e. The Morgan fingerprint density at radius 3 is 2.44 bits per heavy atom. The minimum absolute atomic E-state index is 0.0270. The van der Waals surface area contributed by atoms with Crippen LogP contribution in [-0.4, -0.2) is 58.9 Å². The quantitative estimate of drug-likeness (QED) is 0.893. The Morgan fingerprint density at radius 2 is 1.72 bits per heavy atom. The van der Waals surface area contributed by atoms with Crippen molar-refractivity contribution in [1.82, 2.24) is 9.80 Å². The van der Waals surface area contributed by atoms with E-state index in [1.807, 2.05) is 26.6 Å². The highest BCUT2D eigenvalue weighted by molar-refractivity contribution is 7.08. The second-order valence-electron chi connectivity index (χ2n) is 6.88. The predicted octanol–water partition coefficient (Wildman–Crippen LogP) is 2.31.